The number of benzene rings is 2. The van der Waals surface area contributed by atoms with Crippen LogP contribution >= 0.6 is 11.3 Å². The largest absolute Gasteiger partial charge is 0.237 e. The van der Waals surface area contributed by atoms with Crippen LogP contribution in [0.4, 0.5) is 0 Å². The number of rotatable bonds is 1. The van der Waals surface area contributed by atoms with Crippen molar-refractivity contribution < 1.29 is 0 Å². The fourth-order valence-electron chi connectivity index (χ4n) is 2.60. The van der Waals surface area contributed by atoms with E-state index in [1.54, 1.807) is 0 Å². The summed E-state index contributed by atoms with van der Waals surface area (Å²) >= 11 is 1.46. The van der Waals surface area contributed by atoms with Crippen molar-refractivity contribution in [1.82, 2.24) is 4.98 Å². The van der Waals surface area contributed by atoms with Crippen LogP contribution in [0.2, 0.25) is 0 Å². The fraction of sp³-hybridized carbons (Fsp3) is 0. The minimum Gasteiger partial charge on any atom is -0.237 e. The third-order valence-electron chi connectivity index (χ3n) is 3.55. The van der Waals surface area contributed by atoms with Crippen molar-refractivity contribution in [2.24, 2.45) is 0 Å². The molecule has 0 fully saturated rings. The Bertz CT molecular complexity index is 994. The maximum atomic E-state index is 9.45. The zero-order valence-electron chi connectivity index (χ0n) is 11.1. The molecule has 2 aromatic carbocycles. The van der Waals surface area contributed by atoms with Crippen LogP contribution in [-0.2, 0) is 0 Å². The van der Waals surface area contributed by atoms with Crippen molar-refractivity contribution in [2.75, 3.05) is 0 Å². The first-order valence-corrected chi connectivity index (χ1v) is 7.46. The monoisotopic (exact) mass is 286 g/mol. The molecule has 0 bridgehead atoms. The van der Waals surface area contributed by atoms with Crippen LogP contribution in [0, 0.1) is 11.3 Å². The zero-order chi connectivity index (χ0) is 14.2. The molecule has 4 aromatic rings. The highest BCUT2D eigenvalue weighted by Crippen LogP contribution is 2.38. The Morgan fingerprint density at radius 3 is 2.52 bits per heavy atom. The van der Waals surface area contributed by atoms with Crippen molar-refractivity contribution in [3.8, 4) is 17.2 Å². The van der Waals surface area contributed by atoms with Crippen LogP contribution in [0.5, 0.6) is 0 Å². The summed E-state index contributed by atoms with van der Waals surface area (Å²) in [5, 5.41) is 11.6. The van der Waals surface area contributed by atoms with Crippen molar-refractivity contribution >= 4 is 32.5 Å². The summed E-state index contributed by atoms with van der Waals surface area (Å²) in [6, 6.07) is 22.6. The van der Waals surface area contributed by atoms with Crippen molar-refractivity contribution in [1.29, 1.82) is 5.26 Å². The van der Waals surface area contributed by atoms with E-state index in [0.717, 1.165) is 37.1 Å². The lowest BCUT2D eigenvalue weighted by molar-refractivity contribution is 1.52. The van der Waals surface area contributed by atoms with Gasteiger partial charge in [0.2, 0.25) is 0 Å². The molecule has 98 valence electrons. The van der Waals surface area contributed by atoms with Crippen molar-refractivity contribution in [3.05, 3.63) is 65.5 Å². The van der Waals surface area contributed by atoms with Crippen LogP contribution < -0.4 is 0 Å². The molecular formula is C18H10N2S. The van der Waals surface area contributed by atoms with E-state index in [9.17, 15) is 5.26 Å². The fourth-order valence-corrected chi connectivity index (χ4v) is 3.58. The Kier molecular flexibility index (Phi) is 2.70. The van der Waals surface area contributed by atoms with E-state index in [4.69, 9.17) is 4.98 Å². The first-order valence-electron chi connectivity index (χ1n) is 6.64. The van der Waals surface area contributed by atoms with Gasteiger partial charge in [0.25, 0.3) is 0 Å². The Labute approximate surface area is 125 Å². The Morgan fingerprint density at radius 2 is 1.71 bits per heavy atom. The number of hydrogen-bond donors (Lipinski definition) is 0. The zero-order valence-corrected chi connectivity index (χ0v) is 11.9. The average Bonchev–Trinajstić information content (AvgIpc) is 2.91. The van der Waals surface area contributed by atoms with E-state index < -0.39 is 0 Å². The van der Waals surface area contributed by atoms with Crippen molar-refractivity contribution in [2.45, 2.75) is 0 Å². The molecular weight excluding hydrogens is 276 g/mol. The number of nitriles is 1. The second kappa shape index (κ2) is 4.69. The maximum Gasteiger partial charge on any atom is 0.125 e. The van der Waals surface area contributed by atoms with Gasteiger partial charge in [0.15, 0.2) is 0 Å². The van der Waals surface area contributed by atoms with E-state index in [2.05, 4.69) is 18.2 Å². The summed E-state index contributed by atoms with van der Waals surface area (Å²) in [7, 11) is 0. The van der Waals surface area contributed by atoms with Gasteiger partial charge in [-0.3, -0.25) is 0 Å². The number of thiophene rings is 1. The van der Waals surface area contributed by atoms with E-state index in [1.165, 1.54) is 11.3 Å². The van der Waals surface area contributed by atoms with Crippen LogP contribution in [0.15, 0.2) is 60.7 Å². The van der Waals surface area contributed by atoms with E-state index in [0.29, 0.717) is 0 Å². The van der Waals surface area contributed by atoms with Gasteiger partial charge in [0.1, 0.15) is 15.8 Å². The van der Waals surface area contributed by atoms with Gasteiger partial charge in [0.05, 0.1) is 5.52 Å². The lowest BCUT2D eigenvalue weighted by Crippen LogP contribution is -1.81. The molecule has 4 rings (SSSR count). The van der Waals surface area contributed by atoms with Crippen molar-refractivity contribution in [3.63, 3.8) is 0 Å². The molecule has 2 nitrogen and oxygen atoms in total. The number of nitrogens with zero attached hydrogens (tertiary/aromatic N) is 2. The second-order valence-corrected chi connectivity index (χ2v) is 5.82. The van der Waals surface area contributed by atoms with Crippen LogP contribution in [0.1, 0.15) is 4.88 Å². The number of hydrogen-bond acceptors (Lipinski definition) is 3. The number of aromatic nitrogens is 1. The van der Waals surface area contributed by atoms with Crippen LogP contribution in [0.3, 0.4) is 0 Å². The average molecular weight is 286 g/mol. The molecule has 0 aliphatic rings. The highest BCUT2D eigenvalue weighted by Gasteiger charge is 2.15. The molecule has 0 aliphatic heterocycles. The first-order chi connectivity index (χ1) is 10.4. The molecule has 0 radical (unpaired) electrons. The molecule has 0 amide bonds. The van der Waals surface area contributed by atoms with Gasteiger partial charge in [-0.05, 0) is 17.7 Å². The molecule has 0 N–H and O–H groups in total. The highest BCUT2D eigenvalue weighted by atomic mass is 32.1. The summed E-state index contributed by atoms with van der Waals surface area (Å²) in [5.41, 5.74) is 3.03. The van der Waals surface area contributed by atoms with Gasteiger partial charge < -0.3 is 0 Å². The molecule has 3 heteroatoms. The predicted molar refractivity (Wildman–Crippen MR) is 87.3 cm³/mol. The Balaban J connectivity index is 2.14. The standard InChI is InChI=1S/C18H10N2S/c19-11-16-17(12-6-2-1-3-7-12)14-10-13-8-4-5-9-15(13)20-18(14)21-16/h1-10H. The summed E-state index contributed by atoms with van der Waals surface area (Å²) in [6.07, 6.45) is 0. The molecule has 0 spiro atoms. The SMILES string of the molecule is N#Cc1sc2nc3ccccc3cc2c1-c1ccccc1. The summed E-state index contributed by atoms with van der Waals surface area (Å²) in [4.78, 5) is 6.34. The summed E-state index contributed by atoms with van der Waals surface area (Å²) < 4.78 is 0. The smallest absolute Gasteiger partial charge is 0.125 e. The molecule has 21 heavy (non-hydrogen) atoms. The molecule has 2 aromatic heterocycles. The predicted octanol–water partition coefficient (Wildman–Crippen LogP) is 4.99. The Morgan fingerprint density at radius 1 is 0.952 bits per heavy atom. The molecule has 0 aliphatic carbocycles. The van der Waals surface area contributed by atoms with Crippen LogP contribution in [0.25, 0.3) is 32.2 Å². The van der Waals surface area contributed by atoms with Gasteiger partial charge >= 0.3 is 0 Å². The molecule has 0 saturated carbocycles. The minimum absolute atomic E-state index is 0.721. The Hall–Kier alpha value is -2.70. The van der Waals surface area contributed by atoms with E-state index in [-0.39, 0.29) is 0 Å². The van der Waals surface area contributed by atoms with Gasteiger partial charge in [-0.2, -0.15) is 5.26 Å². The van der Waals surface area contributed by atoms with Gasteiger partial charge in [-0.15, -0.1) is 11.3 Å². The summed E-state index contributed by atoms with van der Waals surface area (Å²) in [5.74, 6) is 0. The molecule has 0 unspecified atom stereocenters. The lowest BCUT2D eigenvalue weighted by atomic mass is 10.0. The van der Waals surface area contributed by atoms with Gasteiger partial charge in [0, 0.05) is 16.3 Å². The highest BCUT2D eigenvalue weighted by molar-refractivity contribution is 7.19. The number of pyridine rings is 1. The third kappa shape index (κ3) is 1.89. The van der Waals surface area contributed by atoms with E-state index >= 15 is 0 Å². The van der Waals surface area contributed by atoms with Gasteiger partial charge in [-0.25, -0.2) is 4.98 Å². The number of fused-ring (bicyclic) bond motifs is 2. The van der Waals surface area contributed by atoms with E-state index in [1.807, 2.05) is 48.5 Å². The molecule has 0 saturated heterocycles. The third-order valence-corrected chi connectivity index (χ3v) is 4.55. The normalized spacial score (nSPS) is 10.8. The van der Waals surface area contributed by atoms with Crippen LogP contribution in [-0.4, -0.2) is 4.98 Å². The first kappa shape index (κ1) is 12.1. The second-order valence-electron chi connectivity index (χ2n) is 4.82. The number of para-hydroxylation sites is 1. The molecule has 2 heterocycles. The van der Waals surface area contributed by atoms with Gasteiger partial charge in [-0.1, -0.05) is 48.5 Å². The topological polar surface area (TPSA) is 36.7 Å². The summed E-state index contributed by atoms with van der Waals surface area (Å²) in [6.45, 7) is 0. The minimum atomic E-state index is 0.721. The quantitative estimate of drug-likeness (QED) is 0.494. The maximum absolute atomic E-state index is 9.45. The lowest BCUT2D eigenvalue weighted by Gasteiger charge is -2.02. The molecule has 0 atom stereocenters.